The van der Waals surface area contributed by atoms with E-state index in [1.165, 1.54) is 36.7 Å². The summed E-state index contributed by atoms with van der Waals surface area (Å²) in [4.78, 5) is 11.8. The Balaban J connectivity index is 1.66. The second-order valence-electron chi connectivity index (χ2n) is 8.93. The summed E-state index contributed by atoms with van der Waals surface area (Å²) in [6.45, 7) is -0.157. The van der Waals surface area contributed by atoms with Crippen molar-refractivity contribution in [2.24, 2.45) is 0 Å². The number of hydrogen-bond donors (Lipinski definition) is 0. The lowest BCUT2D eigenvalue weighted by Crippen LogP contribution is -2.31. The number of carbonyl (C=O) groups is 1. The third-order valence-corrected chi connectivity index (χ3v) is 8.40. The Labute approximate surface area is 206 Å². The van der Waals surface area contributed by atoms with E-state index in [-0.39, 0.29) is 29.4 Å². The Hall–Kier alpha value is -3.19. The molecule has 0 aromatic heterocycles. The fourth-order valence-electron chi connectivity index (χ4n) is 4.59. The van der Waals surface area contributed by atoms with Crippen molar-refractivity contribution in [3.05, 3.63) is 95.3 Å². The molecule has 35 heavy (non-hydrogen) atoms. The minimum Gasteiger partial charge on any atom is -0.469 e. The number of anilines is 1. The summed E-state index contributed by atoms with van der Waals surface area (Å²) in [5.74, 6) is -0.383. The van der Waals surface area contributed by atoms with Crippen LogP contribution in [0.4, 0.5) is 10.1 Å². The van der Waals surface area contributed by atoms with E-state index in [0.717, 1.165) is 18.4 Å². The van der Waals surface area contributed by atoms with E-state index in [2.05, 4.69) is 0 Å². The monoisotopic (exact) mass is 495 g/mol. The van der Waals surface area contributed by atoms with Gasteiger partial charge in [0.1, 0.15) is 5.82 Å². The fraction of sp³-hybridized carbons (Fsp3) is 0.321. The van der Waals surface area contributed by atoms with Gasteiger partial charge >= 0.3 is 5.97 Å². The van der Waals surface area contributed by atoms with Crippen LogP contribution in [-0.2, 0) is 32.5 Å². The molecule has 184 valence electrons. The molecule has 7 heteroatoms. The molecule has 1 saturated carbocycles. The summed E-state index contributed by atoms with van der Waals surface area (Å²) in [6, 6.07) is 19.9. The van der Waals surface area contributed by atoms with Crippen molar-refractivity contribution in [2.75, 3.05) is 11.4 Å². The zero-order valence-electron chi connectivity index (χ0n) is 19.8. The molecule has 0 radical (unpaired) electrons. The Kier molecular flexibility index (Phi) is 7.86. The van der Waals surface area contributed by atoms with Crippen molar-refractivity contribution in [1.29, 1.82) is 0 Å². The standard InChI is InChI=1S/C28H30FNO4S/c1-34-28(31)19-21-11-15-25(16-12-21)30(20-24-9-5-6-10-27(24)29)35(32,33)26-17-13-23(14-18-26)22-7-3-2-4-8-22/h5-6,9-18,22H,2-4,7-8,19-20H2,1H3. The normalized spacial score (nSPS) is 14.5. The Morgan fingerprint density at radius 2 is 1.60 bits per heavy atom. The van der Waals surface area contributed by atoms with Gasteiger partial charge < -0.3 is 4.74 Å². The van der Waals surface area contributed by atoms with Gasteiger partial charge in [-0.1, -0.05) is 61.7 Å². The van der Waals surface area contributed by atoms with Crippen LogP contribution in [0.2, 0.25) is 0 Å². The molecule has 0 atom stereocenters. The highest BCUT2D eigenvalue weighted by atomic mass is 32.2. The molecule has 0 N–H and O–H groups in total. The number of esters is 1. The van der Waals surface area contributed by atoms with E-state index >= 15 is 0 Å². The number of rotatable bonds is 8. The molecular formula is C28H30FNO4S. The lowest BCUT2D eigenvalue weighted by molar-refractivity contribution is -0.139. The van der Waals surface area contributed by atoms with Crippen molar-refractivity contribution in [3.63, 3.8) is 0 Å². The molecule has 0 heterocycles. The zero-order valence-corrected chi connectivity index (χ0v) is 20.6. The first-order valence-corrected chi connectivity index (χ1v) is 13.3. The average Bonchev–Trinajstić information content (AvgIpc) is 2.89. The fourth-order valence-corrected chi connectivity index (χ4v) is 6.03. The van der Waals surface area contributed by atoms with Crippen LogP contribution in [0.15, 0.2) is 77.7 Å². The van der Waals surface area contributed by atoms with E-state index in [1.54, 1.807) is 54.6 Å². The Morgan fingerprint density at radius 3 is 2.23 bits per heavy atom. The lowest BCUT2D eigenvalue weighted by Gasteiger charge is -2.26. The van der Waals surface area contributed by atoms with Crippen LogP contribution in [-0.4, -0.2) is 21.5 Å². The molecule has 3 aromatic rings. The van der Waals surface area contributed by atoms with Gasteiger partial charge in [0.2, 0.25) is 0 Å². The van der Waals surface area contributed by atoms with E-state index < -0.39 is 15.8 Å². The van der Waals surface area contributed by atoms with Crippen molar-refractivity contribution in [2.45, 2.75) is 55.9 Å². The number of methoxy groups -OCH3 is 1. The van der Waals surface area contributed by atoms with Gasteiger partial charge in [0, 0.05) is 5.56 Å². The number of sulfonamides is 1. The van der Waals surface area contributed by atoms with Gasteiger partial charge in [0.05, 0.1) is 30.7 Å². The minimum absolute atomic E-state index is 0.0828. The largest absolute Gasteiger partial charge is 0.469 e. The minimum atomic E-state index is -3.98. The predicted molar refractivity (Wildman–Crippen MR) is 134 cm³/mol. The summed E-state index contributed by atoms with van der Waals surface area (Å²) in [6.07, 6.45) is 6.00. The molecule has 0 aliphatic heterocycles. The van der Waals surface area contributed by atoms with Crippen LogP contribution >= 0.6 is 0 Å². The maximum atomic E-state index is 14.5. The molecule has 0 saturated heterocycles. The van der Waals surface area contributed by atoms with E-state index in [4.69, 9.17) is 4.74 Å². The van der Waals surface area contributed by atoms with Crippen LogP contribution < -0.4 is 4.31 Å². The Bertz CT molecular complexity index is 1250. The van der Waals surface area contributed by atoms with Gasteiger partial charge in [-0.25, -0.2) is 12.8 Å². The first-order chi connectivity index (χ1) is 16.9. The molecule has 4 rings (SSSR count). The first-order valence-electron chi connectivity index (χ1n) is 11.9. The SMILES string of the molecule is COC(=O)Cc1ccc(N(Cc2ccccc2F)S(=O)(=O)c2ccc(C3CCCCC3)cc2)cc1. The molecule has 1 fully saturated rings. The summed E-state index contributed by atoms with van der Waals surface area (Å²) in [7, 11) is -2.66. The number of hydrogen-bond acceptors (Lipinski definition) is 4. The second-order valence-corrected chi connectivity index (χ2v) is 10.8. The molecule has 5 nitrogen and oxygen atoms in total. The van der Waals surface area contributed by atoms with Crippen LogP contribution in [0.25, 0.3) is 0 Å². The number of ether oxygens (including phenoxy) is 1. The van der Waals surface area contributed by atoms with E-state index in [9.17, 15) is 17.6 Å². The molecule has 1 aliphatic rings. The van der Waals surface area contributed by atoms with Crippen molar-refractivity contribution < 1.29 is 22.3 Å². The first kappa shape index (κ1) is 24.9. The lowest BCUT2D eigenvalue weighted by atomic mass is 9.84. The number of benzene rings is 3. The third kappa shape index (κ3) is 5.90. The summed E-state index contributed by atoms with van der Waals surface area (Å²) >= 11 is 0. The molecule has 0 spiro atoms. The van der Waals surface area contributed by atoms with E-state index in [0.29, 0.717) is 17.2 Å². The average molecular weight is 496 g/mol. The van der Waals surface area contributed by atoms with Crippen LogP contribution in [0, 0.1) is 5.82 Å². The molecule has 0 bridgehead atoms. The number of halogens is 1. The highest BCUT2D eigenvalue weighted by Gasteiger charge is 2.27. The summed E-state index contributed by atoms with van der Waals surface area (Å²) in [5, 5.41) is 0. The maximum Gasteiger partial charge on any atom is 0.309 e. The topological polar surface area (TPSA) is 63.7 Å². The van der Waals surface area contributed by atoms with Crippen molar-refractivity contribution in [1.82, 2.24) is 0 Å². The van der Waals surface area contributed by atoms with Crippen LogP contribution in [0.3, 0.4) is 0 Å². The van der Waals surface area contributed by atoms with Gasteiger partial charge in [0.25, 0.3) is 10.0 Å². The quantitative estimate of drug-likeness (QED) is 0.361. The van der Waals surface area contributed by atoms with E-state index in [1.807, 2.05) is 12.1 Å². The number of carbonyl (C=O) groups excluding carboxylic acids is 1. The summed E-state index contributed by atoms with van der Waals surface area (Å²) in [5.41, 5.74) is 2.52. The zero-order chi connectivity index (χ0) is 24.8. The highest BCUT2D eigenvalue weighted by Crippen LogP contribution is 2.34. The number of nitrogens with zero attached hydrogens (tertiary/aromatic N) is 1. The van der Waals surface area contributed by atoms with Gasteiger partial charge in [-0.05, 0) is 60.2 Å². The van der Waals surface area contributed by atoms with Crippen LogP contribution in [0.5, 0.6) is 0 Å². The van der Waals surface area contributed by atoms with Crippen molar-refractivity contribution in [3.8, 4) is 0 Å². The van der Waals surface area contributed by atoms with Gasteiger partial charge in [0.15, 0.2) is 0 Å². The molecule has 0 unspecified atom stereocenters. The molecular weight excluding hydrogens is 465 g/mol. The maximum absolute atomic E-state index is 14.5. The molecule has 0 amide bonds. The van der Waals surface area contributed by atoms with Gasteiger partial charge in [-0.2, -0.15) is 0 Å². The van der Waals surface area contributed by atoms with Gasteiger partial charge in [-0.15, -0.1) is 0 Å². The van der Waals surface area contributed by atoms with Gasteiger partial charge in [-0.3, -0.25) is 9.10 Å². The predicted octanol–water partition coefficient (Wildman–Crippen LogP) is 5.98. The smallest absolute Gasteiger partial charge is 0.309 e. The molecule has 3 aromatic carbocycles. The van der Waals surface area contributed by atoms with Crippen LogP contribution in [0.1, 0.15) is 54.7 Å². The molecule has 1 aliphatic carbocycles. The second kappa shape index (κ2) is 11.0. The van der Waals surface area contributed by atoms with Crippen molar-refractivity contribution >= 4 is 21.7 Å². The highest BCUT2D eigenvalue weighted by molar-refractivity contribution is 7.92. The third-order valence-electron chi connectivity index (χ3n) is 6.62. The Morgan fingerprint density at radius 1 is 0.943 bits per heavy atom. The summed E-state index contributed by atoms with van der Waals surface area (Å²) < 4.78 is 48.0.